The number of hydrogen-bond acceptors (Lipinski definition) is 3. The Balaban J connectivity index is 2.92. The molecule has 120 valence electrons. The number of aryl methyl sites for hydroxylation is 1. The van der Waals surface area contributed by atoms with Gasteiger partial charge in [-0.2, -0.15) is 13.2 Å². The lowest BCUT2D eigenvalue weighted by Gasteiger charge is -2.20. The predicted octanol–water partition coefficient (Wildman–Crippen LogP) is 2.97. The molecule has 0 aliphatic heterocycles. The Labute approximate surface area is 126 Å². The third-order valence-corrected chi connectivity index (χ3v) is 2.98. The zero-order chi connectivity index (χ0) is 16.8. The number of rotatable bonds is 6. The fourth-order valence-electron chi connectivity index (χ4n) is 1.92. The second-order valence-electron chi connectivity index (χ2n) is 4.51. The third-order valence-electron chi connectivity index (χ3n) is 2.98. The summed E-state index contributed by atoms with van der Waals surface area (Å²) in [7, 11) is 0. The number of hydrogen-bond donors (Lipinski definition) is 1. The fourth-order valence-corrected chi connectivity index (χ4v) is 1.92. The summed E-state index contributed by atoms with van der Waals surface area (Å²) in [6.07, 6.45) is -4.68. The molecule has 7 heteroatoms. The van der Waals surface area contributed by atoms with E-state index in [1.54, 1.807) is 25.1 Å². The average molecular weight is 315 g/mol. The molecule has 1 aromatic rings. The van der Waals surface area contributed by atoms with Gasteiger partial charge in [0.25, 0.3) is 0 Å². The molecule has 1 amide bonds. The number of carbonyl (C=O) groups is 2. The Morgan fingerprint density at radius 2 is 2.00 bits per heavy atom. The van der Waals surface area contributed by atoms with Crippen molar-refractivity contribution in [2.75, 3.05) is 0 Å². The first-order valence-corrected chi connectivity index (χ1v) is 6.48. The van der Waals surface area contributed by atoms with Gasteiger partial charge in [0, 0.05) is 6.42 Å². The predicted molar refractivity (Wildman–Crippen MR) is 74.6 cm³/mol. The number of ether oxygens (including phenoxy) is 1. The van der Waals surface area contributed by atoms with Crippen molar-refractivity contribution >= 4 is 18.0 Å². The standard InChI is InChI=1S/C15H16F3NO3/c1-3-11(12-7-5-4-6-10(12)2)8-13(19-9-20)22-14(21)15(16,17)18/h3-7,9,13H,8H2,1-2H3,(H,19,20)/b11-3-/t13-/m1/s1. The van der Waals surface area contributed by atoms with E-state index in [9.17, 15) is 22.8 Å². The van der Waals surface area contributed by atoms with Crippen LogP contribution in [0.15, 0.2) is 30.3 Å². The molecule has 0 fully saturated rings. The van der Waals surface area contributed by atoms with Crippen LogP contribution in [0.4, 0.5) is 13.2 Å². The van der Waals surface area contributed by atoms with Crippen molar-refractivity contribution < 1.29 is 27.5 Å². The summed E-state index contributed by atoms with van der Waals surface area (Å²) in [5, 5.41) is 2.08. The first-order valence-electron chi connectivity index (χ1n) is 6.48. The summed E-state index contributed by atoms with van der Waals surface area (Å²) >= 11 is 0. The van der Waals surface area contributed by atoms with Gasteiger partial charge in [-0.1, -0.05) is 30.3 Å². The molecule has 0 aromatic heterocycles. The fraction of sp³-hybridized carbons (Fsp3) is 0.333. The van der Waals surface area contributed by atoms with E-state index in [2.05, 4.69) is 10.1 Å². The summed E-state index contributed by atoms with van der Waals surface area (Å²) in [6.45, 7) is 3.56. The number of halogens is 3. The van der Waals surface area contributed by atoms with E-state index in [1.165, 1.54) is 0 Å². The highest BCUT2D eigenvalue weighted by Gasteiger charge is 2.42. The highest BCUT2D eigenvalue weighted by Crippen LogP contribution is 2.25. The molecule has 4 nitrogen and oxygen atoms in total. The first kappa shape index (κ1) is 17.7. The molecule has 0 saturated heterocycles. The zero-order valence-corrected chi connectivity index (χ0v) is 12.1. The Bertz CT molecular complexity index is 567. The number of allylic oxidation sites excluding steroid dienone is 1. The molecule has 0 aliphatic rings. The number of benzene rings is 1. The van der Waals surface area contributed by atoms with Crippen LogP contribution in [0.2, 0.25) is 0 Å². The van der Waals surface area contributed by atoms with Gasteiger partial charge in [0.2, 0.25) is 6.41 Å². The SMILES string of the molecule is C/C=C(/C[C@H](NC=O)OC(=O)C(F)(F)F)c1ccccc1C. The van der Waals surface area contributed by atoms with Crippen LogP contribution in [0.3, 0.4) is 0 Å². The van der Waals surface area contributed by atoms with Crippen molar-refractivity contribution in [2.24, 2.45) is 0 Å². The first-order chi connectivity index (χ1) is 10.3. The van der Waals surface area contributed by atoms with E-state index in [0.717, 1.165) is 11.1 Å². The lowest BCUT2D eigenvalue weighted by molar-refractivity contribution is -0.205. The van der Waals surface area contributed by atoms with Crippen molar-refractivity contribution in [1.29, 1.82) is 0 Å². The lowest BCUT2D eigenvalue weighted by Crippen LogP contribution is -2.38. The van der Waals surface area contributed by atoms with Crippen molar-refractivity contribution in [3.8, 4) is 0 Å². The topological polar surface area (TPSA) is 55.4 Å². The van der Waals surface area contributed by atoms with Gasteiger partial charge >= 0.3 is 12.1 Å². The molecule has 0 aliphatic carbocycles. The molecule has 0 bridgehead atoms. The molecule has 0 heterocycles. The summed E-state index contributed by atoms with van der Waals surface area (Å²) in [5.74, 6) is -2.34. The molecule has 1 rings (SSSR count). The van der Waals surface area contributed by atoms with E-state index in [4.69, 9.17) is 0 Å². The molecule has 0 unspecified atom stereocenters. The van der Waals surface area contributed by atoms with Crippen LogP contribution in [-0.4, -0.2) is 24.8 Å². The maximum atomic E-state index is 12.3. The lowest BCUT2D eigenvalue weighted by atomic mass is 9.97. The minimum atomic E-state index is -5.11. The molecule has 22 heavy (non-hydrogen) atoms. The number of esters is 1. The van der Waals surface area contributed by atoms with E-state index < -0.39 is 18.4 Å². The molecular formula is C15H16F3NO3. The van der Waals surface area contributed by atoms with Gasteiger partial charge in [-0.15, -0.1) is 0 Å². The summed E-state index contributed by atoms with van der Waals surface area (Å²) < 4.78 is 41.1. The molecule has 1 N–H and O–H groups in total. The molecule has 0 radical (unpaired) electrons. The summed E-state index contributed by atoms with van der Waals surface area (Å²) in [6, 6.07) is 7.27. The number of alkyl halides is 3. The number of amides is 1. The van der Waals surface area contributed by atoms with Crippen molar-refractivity contribution in [3.05, 3.63) is 41.5 Å². The van der Waals surface area contributed by atoms with Crippen LogP contribution in [0.25, 0.3) is 5.57 Å². The normalized spacial score (nSPS) is 13.4. The smallest absolute Gasteiger partial charge is 0.435 e. The van der Waals surface area contributed by atoms with Crippen LogP contribution in [0.5, 0.6) is 0 Å². The van der Waals surface area contributed by atoms with E-state index >= 15 is 0 Å². The van der Waals surface area contributed by atoms with E-state index in [0.29, 0.717) is 5.57 Å². The van der Waals surface area contributed by atoms with Crippen molar-refractivity contribution in [2.45, 2.75) is 32.7 Å². The molecular weight excluding hydrogens is 299 g/mol. The van der Waals surface area contributed by atoms with E-state index in [1.807, 2.05) is 19.1 Å². The minimum absolute atomic E-state index is 0.0675. The largest absolute Gasteiger partial charge is 0.491 e. The quantitative estimate of drug-likeness (QED) is 0.499. The van der Waals surface area contributed by atoms with Gasteiger partial charge in [-0.25, -0.2) is 4.79 Å². The van der Waals surface area contributed by atoms with Gasteiger partial charge in [0.15, 0.2) is 6.23 Å². The number of nitrogens with one attached hydrogen (secondary N) is 1. The van der Waals surface area contributed by atoms with Gasteiger partial charge in [-0.3, -0.25) is 4.79 Å². The van der Waals surface area contributed by atoms with Crippen LogP contribution in [-0.2, 0) is 14.3 Å². The third kappa shape index (κ3) is 4.91. The Kier molecular flexibility index (Phi) is 6.15. The van der Waals surface area contributed by atoms with Gasteiger partial charge < -0.3 is 10.1 Å². The van der Waals surface area contributed by atoms with E-state index in [-0.39, 0.29) is 12.8 Å². The highest BCUT2D eigenvalue weighted by molar-refractivity contribution is 5.76. The van der Waals surface area contributed by atoms with Gasteiger partial charge in [0.1, 0.15) is 0 Å². The zero-order valence-electron chi connectivity index (χ0n) is 12.1. The summed E-state index contributed by atoms with van der Waals surface area (Å²) in [5.41, 5.74) is 2.39. The summed E-state index contributed by atoms with van der Waals surface area (Å²) in [4.78, 5) is 21.4. The maximum absolute atomic E-state index is 12.3. The monoisotopic (exact) mass is 315 g/mol. The molecule has 0 spiro atoms. The van der Waals surface area contributed by atoms with Crippen LogP contribution in [0, 0.1) is 6.92 Å². The average Bonchev–Trinajstić information content (AvgIpc) is 2.44. The Morgan fingerprint density at radius 3 is 2.50 bits per heavy atom. The highest BCUT2D eigenvalue weighted by atomic mass is 19.4. The second-order valence-corrected chi connectivity index (χ2v) is 4.51. The minimum Gasteiger partial charge on any atom is -0.435 e. The van der Waals surface area contributed by atoms with Crippen LogP contribution >= 0.6 is 0 Å². The Morgan fingerprint density at radius 1 is 1.36 bits per heavy atom. The number of carbonyl (C=O) groups excluding carboxylic acids is 2. The van der Waals surface area contributed by atoms with Gasteiger partial charge in [0.05, 0.1) is 0 Å². The van der Waals surface area contributed by atoms with Crippen LogP contribution < -0.4 is 5.32 Å². The second kappa shape index (κ2) is 7.63. The maximum Gasteiger partial charge on any atom is 0.491 e. The Hall–Kier alpha value is -2.31. The van der Waals surface area contributed by atoms with Gasteiger partial charge in [-0.05, 0) is 30.5 Å². The van der Waals surface area contributed by atoms with Crippen LogP contribution in [0.1, 0.15) is 24.5 Å². The van der Waals surface area contributed by atoms with Crippen molar-refractivity contribution in [3.63, 3.8) is 0 Å². The van der Waals surface area contributed by atoms with Crippen molar-refractivity contribution in [1.82, 2.24) is 5.32 Å². The molecule has 0 saturated carbocycles. The molecule has 1 aromatic carbocycles. The molecule has 1 atom stereocenters.